The summed E-state index contributed by atoms with van der Waals surface area (Å²) in [6.45, 7) is 0. The second-order valence-corrected chi connectivity index (χ2v) is 7.37. The third-order valence-electron chi connectivity index (χ3n) is 4.40. The molecule has 0 aliphatic carbocycles. The van der Waals surface area contributed by atoms with Gasteiger partial charge in [-0.2, -0.15) is 0 Å². The van der Waals surface area contributed by atoms with Crippen molar-refractivity contribution in [2.24, 2.45) is 0 Å². The molecule has 7 heteroatoms. The van der Waals surface area contributed by atoms with Crippen molar-refractivity contribution in [3.8, 4) is 28.4 Å². The standard InChI is InChI=1S/C22H20N4O2S/c1-27-16-9-12-21(28-2)20(13-16)26-14-19(24-25-26)18-5-3-4-6-22(18)29-17-10-7-15(23)8-11-17/h3-14H,23H2,1-2H3. The van der Waals surface area contributed by atoms with E-state index in [4.69, 9.17) is 15.2 Å². The van der Waals surface area contributed by atoms with Crippen LogP contribution in [0.5, 0.6) is 11.5 Å². The molecule has 0 bridgehead atoms. The van der Waals surface area contributed by atoms with Gasteiger partial charge in [-0.3, -0.25) is 0 Å². The van der Waals surface area contributed by atoms with Crippen molar-refractivity contribution >= 4 is 17.4 Å². The van der Waals surface area contributed by atoms with Crippen molar-refractivity contribution in [3.63, 3.8) is 0 Å². The number of rotatable bonds is 6. The van der Waals surface area contributed by atoms with Crippen LogP contribution in [0.15, 0.2) is 82.7 Å². The highest BCUT2D eigenvalue weighted by Gasteiger charge is 2.14. The van der Waals surface area contributed by atoms with Gasteiger partial charge in [0.1, 0.15) is 22.9 Å². The fourth-order valence-electron chi connectivity index (χ4n) is 2.91. The molecule has 0 atom stereocenters. The van der Waals surface area contributed by atoms with Gasteiger partial charge in [-0.1, -0.05) is 35.2 Å². The van der Waals surface area contributed by atoms with E-state index in [9.17, 15) is 0 Å². The van der Waals surface area contributed by atoms with Crippen molar-refractivity contribution in [1.82, 2.24) is 15.0 Å². The molecule has 2 N–H and O–H groups in total. The van der Waals surface area contributed by atoms with E-state index >= 15 is 0 Å². The first-order chi connectivity index (χ1) is 14.2. The lowest BCUT2D eigenvalue weighted by atomic mass is 10.2. The molecule has 0 aliphatic rings. The molecular weight excluding hydrogens is 384 g/mol. The smallest absolute Gasteiger partial charge is 0.144 e. The van der Waals surface area contributed by atoms with Crippen molar-refractivity contribution in [1.29, 1.82) is 0 Å². The number of benzene rings is 3. The van der Waals surface area contributed by atoms with Gasteiger partial charge in [-0.25, -0.2) is 4.68 Å². The number of ether oxygens (including phenoxy) is 2. The van der Waals surface area contributed by atoms with Crippen LogP contribution in [0, 0.1) is 0 Å². The molecule has 146 valence electrons. The molecule has 4 aromatic rings. The quantitative estimate of drug-likeness (QED) is 0.470. The Bertz CT molecular complexity index is 1130. The van der Waals surface area contributed by atoms with Gasteiger partial charge in [0.15, 0.2) is 0 Å². The zero-order valence-corrected chi connectivity index (χ0v) is 16.9. The second kappa shape index (κ2) is 8.28. The summed E-state index contributed by atoms with van der Waals surface area (Å²) in [5.41, 5.74) is 9.07. The number of anilines is 1. The van der Waals surface area contributed by atoms with Crippen LogP contribution < -0.4 is 15.2 Å². The maximum absolute atomic E-state index is 5.79. The molecule has 3 aromatic carbocycles. The van der Waals surface area contributed by atoms with Crippen LogP contribution in [-0.2, 0) is 0 Å². The van der Waals surface area contributed by atoms with Crippen molar-refractivity contribution in [2.45, 2.75) is 9.79 Å². The summed E-state index contributed by atoms with van der Waals surface area (Å²) < 4.78 is 12.5. The highest BCUT2D eigenvalue weighted by Crippen LogP contribution is 2.36. The summed E-state index contributed by atoms with van der Waals surface area (Å²) in [4.78, 5) is 2.19. The van der Waals surface area contributed by atoms with Crippen LogP contribution in [0.1, 0.15) is 0 Å². The molecule has 4 rings (SSSR count). The number of nitrogen functional groups attached to an aromatic ring is 1. The van der Waals surface area contributed by atoms with Gasteiger partial charge in [0.2, 0.25) is 0 Å². The molecule has 0 amide bonds. The minimum Gasteiger partial charge on any atom is -0.497 e. The highest BCUT2D eigenvalue weighted by atomic mass is 32.2. The molecule has 1 heterocycles. The Balaban J connectivity index is 1.70. The number of nitrogens with zero attached hydrogens (tertiary/aromatic N) is 3. The van der Waals surface area contributed by atoms with E-state index in [1.807, 2.05) is 66.9 Å². The van der Waals surface area contributed by atoms with E-state index in [2.05, 4.69) is 16.4 Å². The van der Waals surface area contributed by atoms with E-state index in [0.717, 1.165) is 38.2 Å². The summed E-state index contributed by atoms with van der Waals surface area (Å²) in [7, 11) is 3.25. The van der Waals surface area contributed by atoms with Crippen molar-refractivity contribution < 1.29 is 9.47 Å². The predicted molar refractivity (Wildman–Crippen MR) is 115 cm³/mol. The lowest BCUT2D eigenvalue weighted by Crippen LogP contribution is -1.99. The molecule has 0 unspecified atom stereocenters. The molecule has 0 spiro atoms. The van der Waals surface area contributed by atoms with Crippen molar-refractivity contribution in [2.75, 3.05) is 20.0 Å². The molecule has 0 fully saturated rings. The van der Waals surface area contributed by atoms with Gasteiger partial charge < -0.3 is 15.2 Å². The van der Waals surface area contributed by atoms with E-state index in [0.29, 0.717) is 5.75 Å². The predicted octanol–water partition coefficient (Wildman–Crippen LogP) is 4.68. The topological polar surface area (TPSA) is 75.2 Å². The summed E-state index contributed by atoms with van der Waals surface area (Å²) in [6, 6.07) is 21.5. The Kier molecular flexibility index (Phi) is 5.39. The Morgan fingerprint density at radius 2 is 1.72 bits per heavy atom. The Morgan fingerprint density at radius 1 is 0.931 bits per heavy atom. The summed E-state index contributed by atoms with van der Waals surface area (Å²) in [5.74, 6) is 1.41. The van der Waals surface area contributed by atoms with Crippen LogP contribution in [-0.4, -0.2) is 29.2 Å². The number of hydrogen-bond acceptors (Lipinski definition) is 6. The van der Waals surface area contributed by atoms with Crippen molar-refractivity contribution in [3.05, 3.63) is 72.9 Å². The Hall–Kier alpha value is -3.45. The monoisotopic (exact) mass is 404 g/mol. The molecule has 0 radical (unpaired) electrons. The lowest BCUT2D eigenvalue weighted by Gasteiger charge is -2.09. The second-order valence-electron chi connectivity index (χ2n) is 6.25. The molecular formula is C22H20N4O2S. The Morgan fingerprint density at radius 3 is 2.48 bits per heavy atom. The lowest BCUT2D eigenvalue weighted by molar-refractivity contribution is 0.400. The minimum atomic E-state index is 0.687. The van der Waals surface area contributed by atoms with Gasteiger partial charge in [0.25, 0.3) is 0 Å². The summed E-state index contributed by atoms with van der Waals surface area (Å²) >= 11 is 1.66. The first kappa shape index (κ1) is 18.9. The molecule has 1 aromatic heterocycles. The third kappa shape index (κ3) is 4.05. The maximum atomic E-state index is 5.79. The average Bonchev–Trinajstić information content (AvgIpc) is 3.25. The SMILES string of the molecule is COc1ccc(OC)c(-n2cc(-c3ccccc3Sc3ccc(N)cc3)nn2)c1. The molecule has 0 aliphatic heterocycles. The first-order valence-electron chi connectivity index (χ1n) is 8.95. The highest BCUT2D eigenvalue weighted by molar-refractivity contribution is 7.99. The fraction of sp³-hybridized carbons (Fsp3) is 0.0909. The van der Waals surface area contributed by atoms with E-state index in [-0.39, 0.29) is 0 Å². The van der Waals surface area contributed by atoms with Crippen LogP contribution >= 0.6 is 11.8 Å². The van der Waals surface area contributed by atoms with Gasteiger partial charge in [-0.05, 0) is 42.5 Å². The van der Waals surface area contributed by atoms with Gasteiger partial charge >= 0.3 is 0 Å². The number of aromatic nitrogens is 3. The zero-order valence-electron chi connectivity index (χ0n) is 16.1. The molecule has 0 saturated carbocycles. The molecule has 29 heavy (non-hydrogen) atoms. The van der Waals surface area contributed by atoms with E-state index in [1.54, 1.807) is 30.7 Å². The molecule has 6 nitrogen and oxygen atoms in total. The van der Waals surface area contributed by atoms with Crippen LogP contribution in [0.4, 0.5) is 5.69 Å². The number of nitrogens with two attached hydrogens (primary N) is 1. The number of hydrogen-bond donors (Lipinski definition) is 1. The van der Waals surface area contributed by atoms with Crippen LogP contribution in [0.3, 0.4) is 0 Å². The average molecular weight is 404 g/mol. The third-order valence-corrected chi connectivity index (χ3v) is 5.48. The Labute approximate surface area is 173 Å². The normalized spacial score (nSPS) is 10.7. The maximum Gasteiger partial charge on any atom is 0.144 e. The van der Waals surface area contributed by atoms with Gasteiger partial charge in [-0.15, -0.1) is 5.10 Å². The van der Waals surface area contributed by atoms with E-state index in [1.165, 1.54) is 0 Å². The summed E-state index contributed by atoms with van der Waals surface area (Å²) in [5, 5.41) is 8.71. The summed E-state index contributed by atoms with van der Waals surface area (Å²) in [6.07, 6.45) is 1.89. The van der Waals surface area contributed by atoms with Gasteiger partial charge in [0, 0.05) is 27.1 Å². The molecule has 0 saturated heterocycles. The zero-order chi connectivity index (χ0) is 20.2. The van der Waals surface area contributed by atoms with Crippen LogP contribution in [0.2, 0.25) is 0 Å². The van der Waals surface area contributed by atoms with E-state index < -0.39 is 0 Å². The largest absolute Gasteiger partial charge is 0.497 e. The first-order valence-corrected chi connectivity index (χ1v) is 9.77. The van der Waals surface area contributed by atoms with Gasteiger partial charge in [0.05, 0.1) is 20.4 Å². The van der Waals surface area contributed by atoms with Crippen LogP contribution in [0.25, 0.3) is 16.9 Å². The minimum absolute atomic E-state index is 0.687. The number of methoxy groups -OCH3 is 2. The fourth-order valence-corrected chi connectivity index (χ4v) is 3.87.